The first kappa shape index (κ1) is 16.2. The molecule has 8 heteroatoms. The van der Waals surface area contributed by atoms with Crippen molar-refractivity contribution in [2.24, 2.45) is 0 Å². The van der Waals surface area contributed by atoms with Crippen LogP contribution in [0, 0.1) is 6.92 Å². The molecule has 0 fully saturated rings. The molecule has 0 aliphatic carbocycles. The number of aliphatic hydroxyl groups excluding tert-OH is 1. The van der Waals surface area contributed by atoms with Gasteiger partial charge in [-0.1, -0.05) is 23.7 Å². The van der Waals surface area contributed by atoms with Crippen LogP contribution in [0.4, 0.5) is 0 Å². The van der Waals surface area contributed by atoms with Crippen molar-refractivity contribution in [3.63, 3.8) is 0 Å². The van der Waals surface area contributed by atoms with Gasteiger partial charge in [0, 0.05) is 29.3 Å². The van der Waals surface area contributed by atoms with E-state index in [2.05, 4.69) is 10.1 Å². The predicted molar refractivity (Wildman–Crippen MR) is 88.7 cm³/mol. The molecule has 0 radical (unpaired) electrons. The third-order valence-corrected chi connectivity index (χ3v) is 4.00. The number of carbonyl (C=O) groups is 1. The van der Waals surface area contributed by atoms with E-state index in [1.807, 2.05) is 0 Å². The highest BCUT2D eigenvalue weighted by molar-refractivity contribution is 6.30. The third-order valence-electron chi connectivity index (χ3n) is 3.75. The minimum atomic E-state index is -1.31. The topological polar surface area (TPSA) is 108 Å². The number of aliphatic hydroxyl groups is 1. The Hall–Kier alpha value is -2.64. The molecule has 0 amide bonds. The molecule has 0 bridgehead atoms. The number of aryl methyl sites for hydroxylation is 1. The van der Waals surface area contributed by atoms with Crippen molar-refractivity contribution in [3.05, 3.63) is 56.6 Å². The van der Waals surface area contributed by atoms with E-state index in [9.17, 15) is 14.7 Å². The van der Waals surface area contributed by atoms with Crippen LogP contribution in [-0.4, -0.2) is 37.4 Å². The summed E-state index contributed by atoms with van der Waals surface area (Å²) in [5.41, 5.74) is 1.36. The number of halogens is 1. The molecular weight excluding hydrogens is 334 g/mol. The summed E-state index contributed by atoms with van der Waals surface area (Å²) in [6.45, 7) is 1.43. The molecule has 3 rings (SSSR count). The number of aromatic nitrogens is 3. The predicted octanol–water partition coefficient (Wildman–Crippen LogP) is 1.88. The summed E-state index contributed by atoms with van der Waals surface area (Å²) < 4.78 is 1.21. The van der Waals surface area contributed by atoms with Crippen LogP contribution in [0.25, 0.3) is 16.8 Å². The number of rotatable bonds is 4. The van der Waals surface area contributed by atoms with E-state index in [1.54, 1.807) is 31.2 Å². The molecule has 0 atom stereocenters. The van der Waals surface area contributed by atoms with Gasteiger partial charge < -0.3 is 10.2 Å². The van der Waals surface area contributed by atoms with Crippen molar-refractivity contribution in [3.8, 4) is 11.1 Å². The van der Waals surface area contributed by atoms with Crippen LogP contribution >= 0.6 is 11.6 Å². The van der Waals surface area contributed by atoms with Gasteiger partial charge in [0.2, 0.25) is 0 Å². The number of aromatic amines is 1. The molecule has 0 aliphatic rings. The van der Waals surface area contributed by atoms with Crippen molar-refractivity contribution in [1.82, 2.24) is 14.6 Å². The lowest BCUT2D eigenvalue weighted by Gasteiger charge is -2.05. The van der Waals surface area contributed by atoms with Gasteiger partial charge in [0.25, 0.3) is 5.56 Å². The number of fused-ring (bicyclic) bond motifs is 1. The molecule has 2 heterocycles. The lowest BCUT2D eigenvalue weighted by Crippen LogP contribution is -2.25. The Labute approximate surface area is 141 Å². The van der Waals surface area contributed by atoms with Gasteiger partial charge in [0.15, 0.2) is 11.3 Å². The fourth-order valence-corrected chi connectivity index (χ4v) is 2.82. The molecule has 3 aromatic rings. The second kappa shape index (κ2) is 6.10. The van der Waals surface area contributed by atoms with E-state index in [0.717, 1.165) is 5.56 Å². The Balaban J connectivity index is 2.37. The van der Waals surface area contributed by atoms with Gasteiger partial charge in [0.1, 0.15) is 0 Å². The number of nitrogens with one attached hydrogen (secondary N) is 1. The molecule has 0 saturated heterocycles. The molecule has 0 aliphatic heterocycles. The molecule has 2 aromatic heterocycles. The monoisotopic (exact) mass is 347 g/mol. The van der Waals surface area contributed by atoms with E-state index >= 15 is 0 Å². The van der Waals surface area contributed by atoms with Crippen LogP contribution in [0.3, 0.4) is 0 Å². The SMILES string of the molecule is Cc1[nH]n2c(=O)c(CCO)c(C(=O)O)nc2c1-c1ccc(Cl)cc1. The Bertz CT molecular complexity index is 989. The highest BCUT2D eigenvalue weighted by atomic mass is 35.5. The zero-order valence-electron chi connectivity index (χ0n) is 12.7. The van der Waals surface area contributed by atoms with Crippen molar-refractivity contribution >= 4 is 23.2 Å². The van der Waals surface area contributed by atoms with E-state index < -0.39 is 11.5 Å². The summed E-state index contributed by atoms with van der Waals surface area (Å²) in [5.74, 6) is -1.31. The lowest BCUT2D eigenvalue weighted by atomic mass is 10.1. The quantitative estimate of drug-likeness (QED) is 0.668. The number of carboxylic acids is 1. The minimum Gasteiger partial charge on any atom is -0.476 e. The Morgan fingerprint density at radius 2 is 2.00 bits per heavy atom. The minimum absolute atomic E-state index is 0.0357. The zero-order valence-corrected chi connectivity index (χ0v) is 13.5. The third kappa shape index (κ3) is 2.57. The van der Waals surface area contributed by atoms with Gasteiger partial charge in [-0.05, 0) is 24.6 Å². The van der Waals surface area contributed by atoms with Crippen LogP contribution in [0.2, 0.25) is 5.02 Å². The molecule has 7 nitrogen and oxygen atoms in total. The maximum Gasteiger partial charge on any atom is 0.355 e. The van der Waals surface area contributed by atoms with Gasteiger partial charge in [0.05, 0.1) is 5.56 Å². The largest absolute Gasteiger partial charge is 0.476 e. The summed E-state index contributed by atoms with van der Waals surface area (Å²) in [6.07, 6.45) is -0.0786. The fourth-order valence-electron chi connectivity index (χ4n) is 2.69. The van der Waals surface area contributed by atoms with Gasteiger partial charge >= 0.3 is 5.97 Å². The van der Waals surface area contributed by atoms with Gasteiger partial charge in [-0.3, -0.25) is 9.89 Å². The summed E-state index contributed by atoms with van der Waals surface area (Å²) in [4.78, 5) is 28.2. The first-order chi connectivity index (χ1) is 11.4. The van der Waals surface area contributed by atoms with Gasteiger partial charge in [-0.15, -0.1) is 0 Å². The number of hydrogen-bond donors (Lipinski definition) is 3. The molecule has 0 spiro atoms. The summed E-state index contributed by atoms with van der Waals surface area (Å²) in [5, 5.41) is 21.9. The Kier molecular flexibility index (Phi) is 4.13. The molecule has 24 heavy (non-hydrogen) atoms. The molecule has 0 unspecified atom stereocenters. The van der Waals surface area contributed by atoms with Gasteiger partial charge in [-0.2, -0.15) is 0 Å². The van der Waals surface area contributed by atoms with E-state index in [1.165, 1.54) is 4.52 Å². The van der Waals surface area contributed by atoms with Gasteiger partial charge in [-0.25, -0.2) is 14.3 Å². The molecule has 1 aromatic carbocycles. The average Bonchev–Trinajstić information content (AvgIpc) is 2.87. The van der Waals surface area contributed by atoms with Crippen LogP contribution < -0.4 is 5.56 Å². The number of benzene rings is 1. The van der Waals surface area contributed by atoms with Crippen molar-refractivity contribution in [1.29, 1.82) is 0 Å². The number of carboxylic acid groups (broad SMARTS) is 1. The highest BCUT2D eigenvalue weighted by Crippen LogP contribution is 2.28. The van der Waals surface area contributed by atoms with Crippen LogP contribution in [0.1, 0.15) is 21.7 Å². The molecule has 0 saturated carbocycles. The Morgan fingerprint density at radius 1 is 1.33 bits per heavy atom. The maximum absolute atomic E-state index is 12.6. The normalized spacial score (nSPS) is 11.1. The summed E-state index contributed by atoms with van der Waals surface area (Å²) in [7, 11) is 0. The Morgan fingerprint density at radius 3 is 2.58 bits per heavy atom. The number of aromatic carboxylic acids is 1. The molecule has 124 valence electrons. The standard InChI is InChI=1S/C16H14ClN3O4/c1-8-12(9-2-4-10(17)5-3-9)14-18-13(16(23)24)11(6-7-21)15(22)20(14)19-8/h2-5,19,21H,6-7H2,1H3,(H,23,24). The maximum atomic E-state index is 12.6. The van der Waals surface area contributed by atoms with E-state index in [4.69, 9.17) is 16.7 Å². The fraction of sp³-hybridized carbons (Fsp3) is 0.188. The van der Waals surface area contributed by atoms with Crippen LogP contribution in [0.5, 0.6) is 0 Å². The second-order valence-electron chi connectivity index (χ2n) is 5.30. The van der Waals surface area contributed by atoms with Crippen LogP contribution in [-0.2, 0) is 6.42 Å². The zero-order chi connectivity index (χ0) is 17.4. The first-order valence-corrected chi connectivity index (χ1v) is 7.56. The highest BCUT2D eigenvalue weighted by Gasteiger charge is 2.22. The van der Waals surface area contributed by atoms with Crippen molar-refractivity contribution in [2.75, 3.05) is 6.61 Å². The van der Waals surface area contributed by atoms with Crippen LogP contribution in [0.15, 0.2) is 29.1 Å². The van der Waals surface area contributed by atoms with Crippen molar-refractivity contribution in [2.45, 2.75) is 13.3 Å². The second-order valence-corrected chi connectivity index (χ2v) is 5.74. The van der Waals surface area contributed by atoms with E-state index in [0.29, 0.717) is 16.3 Å². The first-order valence-electron chi connectivity index (χ1n) is 7.18. The van der Waals surface area contributed by atoms with Crippen molar-refractivity contribution < 1.29 is 15.0 Å². The number of hydrogen-bond acceptors (Lipinski definition) is 4. The number of H-pyrrole nitrogens is 1. The molecule has 3 N–H and O–H groups in total. The lowest BCUT2D eigenvalue weighted by molar-refractivity contribution is 0.0689. The van der Waals surface area contributed by atoms with E-state index in [-0.39, 0.29) is 29.9 Å². The number of nitrogens with zero attached hydrogens (tertiary/aromatic N) is 2. The average molecular weight is 348 g/mol. The summed E-state index contributed by atoms with van der Waals surface area (Å²) in [6, 6.07) is 6.95. The smallest absolute Gasteiger partial charge is 0.355 e. The molecular formula is C16H14ClN3O4. The summed E-state index contributed by atoms with van der Waals surface area (Å²) >= 11 is 5.90.